The molecule has 3 rings (SSSR count). The lowest BCUT2D eigenvalue weighted by Crippen LogP contribution is -2.47. The molecule has 0 aliphatic carbocycles. The number of carbonyl (C=O) groups excluding carboxylic acids is 1. The van der Waals surface area contributed by atoms with Gasteiger partial charge in [0.2, 0.25) is 10.0 Å². The number of alkyl halides is 1. The van der Waals surface area contributed by atoms with Crippen molar-refractivity contribution >= 4 is 21.6 Å². The third kappa shape index (κ3) is 5.20. The van der Waals surface area contributed by atoms with Crippen molar-refractivity contribution in [3.63, 3.8) is 0 Å². The monoisotopic (exact) mass is 488 g/mol. The topological polar surface area (TPSA) is 86.7 Å². The van der Waals surface area contributed by atoms with Crippen LogP contribution < -0.4 is 5.32 Å². The molecule has 0 spiro atoms. The highest BCUT2D eigenvalue weighted by atomic mass is 32.2. The van der Waals surface area contributed by atoms with Crippen LogP contribution in [-0.4, -0.2) is 41.9 Å². The van der Waals surface area contributed by atoms with Crippen LogP contribution in [0.15, 0.2) is 35.2 Å². The van der Waals surface area contributed by atoms with Crippen molar-refractivity contribution < 1.29 is 35.9 Å². The van der Waals surface area contributed by atoms with Gasteiger partial charge in [0.25, 0.3) is 5.91 Å². The zero-order valence-corrected chi connectivity index (χ0v) is 18.9. The number of carbonyl (C=O) groups is 1. The number of benzene rings is 2. The predicted octanol–water partition coefficient (Wildman–Crippen LogP) is 4.14. The second-order valence-electron chi connectivity index (χ2n) is 8.53. The number of rotatable bonds is 5. The van der Waals surface area contributed by atoms with Crippen molar-refractivity contribution in [2.24, 2.45) is 0 Å². The second-order valence-corrected chi connectivity index (χ2v) is 10.4. The van der Waals surface area contributed by atoms with Crippen molar-refractivity contribution in [3.8, 4) is 0 Å². The Bertz CT molecular complexity index is 1150. The van der Waals surface area contributed by atoms with E-state index in [1.807, 2.05) is 0 Å². The largest absolute Gasteiger partial charge is 0.393 e. The Balaban J connectivity index is 1.99. The number of amides is 1. The van der Waals surface area contributed by atoms with E-state index in [2.05, 4.69) is 5.32 Å². The van der Waals surface area contributed by atoms with Gasteiger partial charge in [-0.2, -0.15) is 4.31 Å². The highest BCUT2D eigenvalue weighted by molar-refractivity contribution is 7.89. The van der Waals surface area contributed by atoms with Gasteiger partial charge in [0.05, 0.1) is 11.0 Å². The Kier molecular flexibility index (Phi) is 7.15. The van der Waals surface area contributed by atoms with Gasteiger partial charge in [-0.05, 0) is 45.2 Å². The molecule has 2 aromatic rings. The van der Waals surface area contributed by atoms with Crippen LogP contribution in [0.5, 0.6) is 0 Å². The molecule has 33 heavy (non-hydrogen) atoms. The quantitative estimate of drug-likeness (QED) is 0.489. The Labute approximate surface area is 189 Å². The average molecular weight is 489 g/mol. The molecule has 0 bridgehead atoms. The number of nitrogens with one attached hydrogen (secondary N) is 1. The molecule has 0 saturated carbocycles. The number of halogens is 4. The number of aliphatic hydroxyl groups is 1. The van der Waals surface area contributed by atoms with E-state index in [9.17, 15) is 35.9 Å². The van der Waals surface area contributed by atoms with Crippen LogP contribution in [0.2, 0.25) is 0 Å². The van der Waals surface area contributed by atoms with E-state index in [0.29, 0.717) is 25.0 Å². The Hall–Kier alpha value is -2.50. The number of nitrogens with zero attached hydrogens (tertiary/aromatic N) is 1. The third-order valence-corrected chi connectivity index (χ3v) is 7.91. The maximum absolute atomic E-state index is 13.7. The van der Waals surface area contributed by atoms with Crippen LogP contribution in [0.4, 0.5) is 23.2 Å². The zero-order chi connectivity index (χ0) is 24.6. The number of hydrogen-bond acceptors (Lipinski definition) is 4. The SMILES string of the molecule is CC1(C)CCC(O)CCN1S(=O)(=O)c1cc(C(=O)Nc2cc(F)c(F)c(F)c2)ccc1CF. The lowest BCUT2D eigenvalue weighted by atomic mass is 9.98. The second kappa shape index (κ2) is 9.40. The summed E-state index contributed by atoms with van der Waals surface area (Å²) >= 11 is 0. The van der Waals surface area contributed by atoms with Crippen LogP contribution in [0.3, 0.4) is 0 Å². The van der Waals surface area contributed by atoms with E-state index in [1.165, 1.54) is 10.4 Å². The van der Waals surface area contributed by atoms with Crippen molar-refractivity contribution in [1.82, 2.24) is 4.31 Å². The smallest absolute Gasteiger partial charge is 0.255 e. The van der Waals surface area contributed by atoms with Crippen molar-refractivity contribution in [1.29, 1.82) is 0 Å². The summed E-state index contributed by atoms with van der Waals surface area (Å²) in [5.41, 5.74) is -1.61. The highest BCUT2D eigenvalue weighted by Crippen LogP contribution is 2.34. The molecule has 0 aromatic heterocycles. The van der Waals surface area contributed by atoms with E-state index in [0.717, 1.165) is 12.1 Å². The molecule has 1 fully saturated rings. The third-order valence-electron chi connectivity index (χ3n) is 5.71. The Morgan fingerprint density at radius 3 is 2.39 bits per heavy atom. The molecular formula is C22H24F4N2O4S. The molecule has 2 aromatic carbocycles. The molecule has 11 heteroatoms. The fraction of sp³-hybridized carbons (Fsp3) is 0.409. The van der Waals surface area contributed by atoms with Crippen LogP contribution in [0, 0.1) is 17.5 Å². The molecule has 1 aliphatic rings. The first kappa shape index (κ1) is 25.1. The molecule has 6 nitrogen and oxygen atoms in total. The van der Waals surface area contributed by atoms with Gasteiger partial charge in [-0.25, -0.2) is 26.0 Å². The molecule has 1 unspecified atom stereocenters. The summed E-state index contributed by atoms with van der Waals surface area (Å²) in [6.07, 6.45) is 0.316. The zero-order valence-electron chi connectivity index (χ0n) is 18.0. The maximum Gasteiger partial charge on any atom is 0.255 e. The number of hydrogen-bond donors (Lipinski definition) is 2. The molecule has 1 aliphatic heterocycles. The van der Waals surface area contributed by atoms with Gasteiger partial charge < -0.3 is 10.4 Å². The van der Waals surface area contributed by atoms with Crippen molar-refractivity contribution in [2.45, 2.75) is 56.3 Å². The number of aliphatic hydroxyl groups excluding tert-OH is 1. The van der Waals surface area contributed by atoms with Gasteiger partial charge in [0.1, 0.15) is 6.67 Å². The molecule has 1 atom stereocenters. The lowest BCUT2D eigenvalue weighted by Gasteiger charge is -2.36. The molecule has 1 amide bonds. The average Bonchev–Trinajstić information content (AvgIpc) is 2.89. The summed E-state index contributed by atoms with van der Waals surface area (Å²) in [4.78, 5) is 12.2. The van der Waals surface area contributed by atoms with Gasteiger partial charge in [0, 0.05) is 41.0 Å². The predicted molar refractivity (Wildman–Crippen MR) is 113 cm³/mol. The fourth-order valence-electron chi connectivity index (χ4n) is 3.80. The minimum absolute atomic E-state index is 0.00673. The first-order valence-corrected chi connectivity index (χ1v) is 11.7. The van der Waals surface area contributed by atoms with Gasteiger partial charge in [-0.3, -0.25) is 4.79 Å². The summed E-state index contributed by atoms with van der Waals surface area (Å²) < 4.78 is 81.9. The normalized spacial score (nSPS) is 19.2. The van der Waals surface area contributed by atoms with Gasteiger partial charge in [-0.15, -0.1) is 0 Å². The molecule has 0 radical (unpaired) electrons. The van der Waals surface area contributed by atoms with Gasteiger partial charge in [-0.1, -0.05) is 6.07 Å². The Morgan fingerprint density at radius 1 is 1.15 bits per heavy atom. The first-order valence-electron chi connectivity index (χ1n) is 10.2. The minimum atomic E-state index is -4.27. The van der Waals surface area contributed by atoms with Crippen LogP contribution in [0.25, 0.3) is 0 Å². The fourth-order valence-corrected chi connectivity index (χ4v) is 5.85. The van der Waals surface area contributed by atoms with Crippen LogP contribution >= 0.6 is 0 Å². The van der Waals surface area contributed by atoms with Crippen LogP contribution in [0.1, 0.15) is 49.0 Å². The van der Waals surface area contributed by atoms with Crippen LogP contribution in [-0.2, 0) is 16.7 Å². The summed E-state index contributed by atoms with van der Waals surface area (Å²) in [5, 5.41) is 12.2. The summed E-state index contributed by atoms with van der Waals surface area (Å²) in [6.45, 7) is 2.30. The molecular weight excluding hydrogens is 464 g/mol. The van der Waals surface area contributed by atoms with Gasteiger partial charge in [0.15, 0.2) is 17.5 Å². The maximum atomic E-state index is 13.7. The number of anilines is 1. The molecule has 1 saturated heterocycles. The summed E-state index contributed by atoms with van der Waals surface area (Å²) in [5.74, 6) is -5.63. The standard InChI is InChI=1S/C22H24F4N2O4S/c1-22(2)7-5-16(29)6-8-28(22)33(31,32)19-9-13(3-4-14(19)12-23)21(30)27-15-10-17(24)20(26)18(25)11-15/h3-4,9-11,16,29H,5-8,12H2,1-2H3,(H,27,30). The molecule has 2 N–H and O–H groups in total. The number of sulfonamides is 1. The van der Waals surface area contributed by atoms with Gasteiger partial charge >= 0.3 is 0 Å². The highest BCUT2D eigenvalue weighted by Gasteiger charge is 2.40. The van der Waals surface area contributed by atoms with E-state index < -0.39 is 56.6 Å². The first-order chi connectivity index (χ1) is 15.4. The van der Waals surface area contributed by atoms with E-state index in [1.54, 1.807) is 13.8 Å². The van der Waals surface area contributed by atoms with Crippen molar-refractivity contribution in [2.75, 3.05) is 11.9 Å². The summed E-state index contributed by atoms with van der Waals surface area (Å²) in [6, 6.07) is 4.47. The minimum Gasteiger partial charge on any atom is -0.393 e. The van der Waals surface area contributed by atoms with E-state index in [-0.39, 0.29) is 29.8 Å². The Morgan fingerprint density at radius 2 is 1.79 bits per heavy atom. The van der Waals surface area contributed by atoms with E-state index >= 15 is 0 Å². The summed E-state index contributed by atoms with van der Waals surface area (Å²) in [7, 11) is -4.27. The van der Waals surface area contributed by atoms with E-state index in [4.69, 9.17) is 0 Å². The lowest BCUT2D eigenvalue weighted by molar-refractivity contribution is 0.102. The van der Waals surface area contributed by atoms with Crippen molar-refractivity contribution in [3.05, 3.63) is 58.9 Å². The molecule has 1 heterocycles. The molecule has 180 valence electrons.